The summed E-state index contributed by atoms with van der Waals surface area (Å²) >= 11 is 0. The molecule has 0 aromatic heterocycles. The Balaban J connectivity index is 1.75. The summed E-state index contributed by atoms with van der Waals surface area (Å²) in [6.45, 7) is 9.14. The maximum atomic E-state index is 13.8. The van der Waals surface area contributed by atoms with Crippen LogP contribution >= 0.6 is 0 Å². The molecule has 1 aliphatic heterocycles. The van der Waals surface area contributed by atoms with E-state index < -0.39 is 27.7 Å². The number of carboxylic acids is 1. The van der Waals surface area contributed by atoms with E-state index >= 15 is 0 Å². The van der Waals surface area contributed by atoms with E-state index in [1.54, 1.807) is 52.8 Å². The number of anilines is 1. The van der Waals surface area contributed by atoms with E-state index in [1.165, 1.54) is 6.07 Å². The summed E-state index contributed by atoms with van der Waals surface area (Å²) in [6, 6.07) is 17.7. The number of rotatable bonds is 7. The first-order valence-electron chi connectivity index (χ1n) is 13.8. The summed E-state index contributed by atoms with van der Waals surface area (Å²) in [7, 11) is -4.20. The fraction of sp³-hybridized carbons (Fsp3) is 0.303. The van der Waals surface area contributed by atoms with Gasteiger partial charge >= 0.3 is 5.97 Å². The Labute approximate surface area is 246 Å². The third kappa shape index (κ3) is 5.54. The second-order valence-corrected chi connectivity index (χ2v) is 13.2. The van der Waals surface area contributed by atoms with Gasteiger partial charge in [0.2, 0.25) is 0 Å². The lowest BCUT2D eigenvalue weighted by molar-refractivity contribution is -0.160. The van der Waals surface area contributed by atoms with Crippen molar-refractivity contribution in [1.29, 1.82) is 0 Å². The fourth-order valence-electron chi connectivity index (χ4n) is 5.55. The van der Waals surface area contributed by atoms with E-state index in [-0.39, 0.29) is 27.5 Å². The Morgan fingerprint density at radius 1 is 1.02 bits per heavy atom. The molecule has 220 valence electrons. The molecule has 1 aliphatic rings. The number of hydrogen-bond acceptors (Lipinski definition) is 6. The van der Waals surface area contributed by atoms with Gasteiger partial charge in [-0.3, -0.25) is 4.72 Å². The Kier molecular flexibility index (Phi) is 7.68. The van der Waals surface area contributed by atoms with Gasteiger partial charge in [-0.05, 0) is 93.3 Å². The van der Waals surface area contributed by atoms with E-state index in [4.69, 9.17) is 9.47 Å². The van der Waals surface area contributed by atoms with Gasteiger partial charge in [-0.1, -0.05) is 42.5 Å². The molecule has 0 aliphatic carbocycles. The SMILES string of the molecule is Cc1c(O)c(NS(=O)(=O)c2cccc3ccccc23)c(C)c(C(OC(C)(C)C)C(=O)O)c1-c1ccc2c(c1)CCCO2. The van der Waals surface area contributed by atoms with Gasteiger partial charge in [0.25, 0.3) is 10.0 Å². The molecule has 9 heteroatoms. The van der Waals surface area contributed by atoms with Crippen LogP contribution in [0.1, 0.15) is 55.5 Å². The zero-order valence-corrected chi connectivity index (χ0v) is 25.1. The van der Waals surface area contributed by atoms with Crippen LogP contribution in [0.15, 0.2) is 65.6 Å². The summed E-state index contributed by atoms with van der Waals surface area (Å²) in [4.78, 5) is 12.8. The largest absolute Gasteiger partial charge is 0.505 e. The number of phenols is 1. The Hall–Kier alpha value is -4.08. The van der Waals surface area contributed by atoms with Gasteiger partial charge in [0.05, 0.1) is 22.8 Å². The van der Waals surface area contributed by atoms with Crippen molar-refractivity contribution in [2.45, 2.75) is 64.1 Å². The summed E-state index contributed by atoms with van der Waals surface area (Å²) in [5.41, 5.74) is 2.04. The van der Waals surface area contributed by atoms with Gasteiger partial charge in [0.15, 0.2) is 6.10 Å². The molecule has 8 nitrogen and oxygen atoms in total. The first kappa shape index (κ1) is 29.4. The molecule has 5 rings (SSSR count). The van der Waals surface area contributed by atoms with E-state index in [0.717, 1.165) is 29.5 Å². The average molecular weight is 590 g/mol. The number of aromatic hydroxyl groups is 1. The Bertz CT molecular complexity index is 1800. The molecule has 4 aromatic rings. The number of ether oxygens (including phenoxy) is 2. The minimum absolute atomic E-state index is 0.0399. The smallest absolute Gasteiger partial charge is 0.337 e. The fourth-order valence-corrected chi connectivity index (χ4v) is 6.92. The molecule has 4 aromatic carbocycles. The van der Waals surface area contributed by atoms with Crippen LogP contribution in [-0.4, -0.2) is 36.8 Å². The molecule has 0 radical (unpaired) electrons. The van der Waals surface area contributed by atoms with Crippen LogP contribution in [0.5, 0.6) is 11.5 Å². The highest BCUT2D eigenvalue weighted by Gasteiger charge is 2.35. The number of nitrogens with one attached hydrogen (secondary N) is 1. The van der Waals surface area contributed by atoms with Crippen molar-refractivity contribution in [3.63, 3.8) is 0 Å². The van der Waals surface area contributed by atoms with Gasteiger partial charge in [-0.25, -0.2) is 13.2 Å². The lowest BCUT2D eigenvalue weighted by atomic mass is 9.85. The number of sulfonamides is 1. The first-order valence-corrected chi connectivity index (χ1v) is 15.3. The van der Waals surface area contributed by atoms with Crippen molar-refractivity contribution < 1.29 is 32.9 Å². The minimum atomic E-state index is -4.20. The van der Waals surface area contributed by atoms with Gasteiger partial charge in [0, 0.05) is 16.5 Å². The van der Waals surface area contributed by atoms with Crippen LogP contribution in [0.25, 0.3) is 21.9 Å². The number of aliphatic carboxylic acids is 1. The summed E-state index contributed by atoms with van der Waals surface area (Å²) in [5.74, 6) is -0.752. The van der Waals surface area contributed by atoms with Crippen LogP contribution in [0.2, 0.25) is 0 Å². The number of hydrogen-bond donors (Lipinski definition) is 3. The number of aryl methyl sites for hydroxylation is 1. The molecule has 1 unspecified atom stereocenters. The van der Waals surface area contributed by atoms with Gasteiger partial charge in [0.1, 0.15) is 11.5 Å². The van der Waals surface area contributed by atoms with Crippen molar-refractivity contribution in [3.05, 3.63) is 82.9 Å². The topological polar surface area (TPSA) is 122 Å². The Morgan fingerprint density at radius 2 is 1.74 bits per heavy atom. The third-order valence-electron chi connectivity index (χ3n) is 7.45. The quantitative estimate of drug-likeness (QED) is 0.201. The molecule has 3 N–H and O–H groups in total. The molecular weight excluding hydrogens is 554 g/mol. The first-order chi connectivity index (χ1) is 19.8. The van der Waals surface area contributed by atoms with Gasteiger partial charge in [-0.15, -0.1) is 0 Å². The molecule has 1 heterocycles. The lowest BCUT2D eigenvalue weighted by Gasteiger charge is -2.30. The summed E-state index contributed by atoms with van der Waals surface area (Å²) in [5, 5.41) is 23.2. The molecule has 0 fully saturated rings. The molecule has 42 heavy (non-hydrogen) atoms. The van der Waals surface area contributed by atoms with Crippen LogP contribution in [0.4, 0.5) is 5.69 Å². The minimum Gasteiger partial charge on any atom is -0.505 e. The van der Waals surface area contributed by atoms with E-state index in [0.29, 0.717) is 28.7 Å². The molecule has 0 bridgehead atoms. The predicted octanol–water partition coefficient (Wildman–Crippen LogP) is 6.90. The highest BCUT2D eigenvalue weighted by Crippen LogP contribution is 2.47. The molecule has 0 spiro atoms. The highest BCUT2D eigenvalue weighted by molar-refractivity contribution is 7.93. The van der Waals surface area contributed by atoms with Crippen molar-refractivity contribution in [2.24, 2.45) is 0 Å². The average Bonchev–Trinajstić information content (AvgIpc) is 2.95. The van der Waals surface area contributed by atoms with Crippen LogP contribution in [0.3, 0.4) is 0 Å². The number of phenolic OH excluding ortho intramolecular Hbond substituents is 1. The van der Waals surface area contributed by atoms with E-state index in [2.05, 4.69) is 4.72 Å². The number of carboxylic acid groups (broad SMARTS) is 1. The van der Waals surface area contributed by atoms with Gasteiger partial charge in [-0.2, -0.15) is 0 Å². The molecule has 0 saturated heterocycles. The zero-order valence-electron chi connectivity index (χ0n) is 24.3. The van der Waals surface area contributed by atoms with Crippen molar-refractivity contribution in [3.8, 4) is 22.6 Å². The summed E-state index contributed by atoms with van der Waals surface area (Å²) in [6.07, 6.45) is 0.200. The highest BCUT2D eigenvalue weighted by atomic mass is 32.2. The standard InChI is InChI=1S/C33H35NO7S/c1-19-28(31(32(36)37)41-33(3,4)5)27(23-15-16-25-22(18-23)12-9-17-40-25)20(2)30(35)29(19)34-42(38,39)26-14-8-11-21-10-6-7-13-24(21)26/h6-8,10-11,13-16,18,31,34-35H,9,12,17H2,1-5H3,(H,36,37). The second kappa shape index (κ2) is 11.0. The third-order valence-corrected chi connectivity index (χ3v) is 8.85. The molecule has 0 amide bonds. The van der Waals surface area contributed by atoms with Crippen LogP contribution in [-0.2, 0) is 26.0 Å². The Morgan fingerprint density at radius 3 is 2.45 bits per heavy atom. The number of benzene rings is 4. The molecule has 0 saturated carbocycles. The molecular formula is C33H35NO7S. The number of carbonyl (C=O) groups is 1. The lowest BCUT2D eigenvalue weighted by Crippen LogP contribution is -2.29. The normalized spacial score (nSPS) is 14.2. The van der Waals surface area contributed by atoms with Crippen molar-refractivity contribution >= 4 is 32.5 Å². The maximum absolute atomic E-state index is 13.8. The number of fused-ring (bicyclic) bond motifs is 2. The van der Waals surface area contributed by atoms with Crippen molar-refractivity contribution in [1.82, 2.24) is 0 Å². The monoisotopic (exact) mass is 589 g/mol. The van der Waals surface area contributed by atoms with Crippen LogP contribution < -0.4 is 9.46 Å². The van der Waals surface area contributed by atoms with Crippen LogP contribution in [0, 0.1) is 13.8 Å². The molecule has 1 atom stereocenters. The predicted molar refractivity (Wildman–Crippen MR) is 163 cm³/mol. The van der Waals surface area contributed by atoms with Gasteiger partial charge < -0.3 is 19.7 Å². The summed E-state index contributed by atoms with van der Waals surface area (Å²) < 4.78 is 42.1. The van der Waals surface area contributed by atoms with E-state index in [1.807, 2.05) is 36.4 Å². The van der Waals surface area contributed by atoms with Crippen molar-refractivity contribution in [2.75, 3.05) is 11.3 Å². The second-order valence-electron chi connectivity index (χ2n) is 11.6. The zero-order chi connectivity index (χ0) is 30.4. The maximum Gasteiger partial charge on any atom is 0.337 e. The van der Waals surface area contributed by atoms with E-state index in [9.17, 15) is 23.4 Å².